The number of hydrogen-bond acceptors (Lipinski definition) is 3. The van der Waals surface area contributed by atoms with Gasteiger partial charge in [0.25, 0.3) is 0 Å². The van der Waals surface area contributed by atoms with E-state index in [4.69, 9.17) is 0 Å². The Bertz CT molecular complexity index is 330. The second kappa shape index (κ2) is 6.69. The number of thiophene rings is 1. The summed E-state index contributed by atoms with van der Waals surface area (Å²) >= 11 is 1.80. The van der Waals surface area contributed by atoms with E-state index in [1.54, 1.807) is 11.3 Å². The first kappa shape index (κ1) is 14.0. The van der Waals surface area contributed by atoms with Crippen molar-refractivity contribution in [2.24, 2.45) is 5.92 Å². The summed E-state index contributed by atoms with van der Waals surface area (Å²) in [5.74, 6) is 0.719. The van der Waals surface area contributed by atoms with E-state index in [1.807, 2.05) is 0 Å². The minimum atomic E-state index is 0.618. The highest BCUT2D eigenvalue weighted by Crippen LogP contribution is 2.28. The molecule has 0 saturated heterocycles. The molecule has 2 nitrogen and oxygen atoms in total. The highest BCUT2D eigenvalue weighted by molar-refractivity contribution is 7.07. The van der Waals surface area contributed by atoms with Crippen molar-refractivity contribution in [1.82, 2.24) is 10.2 Å². The van der Waals surface area contributed by atoms with Gasteiger partial charge >= 0.3 is 0 Å². The van der Waals surface area contributed by atoms with Gasteiger partial charge in [-0.1, -0.05) is 13.8 Å². The fourth-order valence-electron chi connectivity index (χ4n) is 2.12. The van der Waals surface area contributed by atoms with Gasteiger partial charge in [0, 0.05) is 31.7 Å². The first-order chi connectivity index (χ1) is 8.66. The number of hydrogen-bond donors (Lipinski definition) is 1. The highest BCUT2D eigenvalue weighted by Gasteiger charge is 2.28. The van der Waals surface area contributed by atoms with Gasteiger partial charge in [0.2, 0.25) is 0 Å². The van der Waals surface area contributed by atoms with Gasteiger partial charge in [0.1, 0.15) is 0 Å². The van der Waals surface area contributed by atoms with E-state index in [-0.39, 0.29) is 0 Å². The van der Waals surface area contributed by atoms with Crippen LogP contribution >= 0.6 is 11.3 Å². The summed E-state index contributed by atoms with van der Waals surface area (Å²) in [7, 11) is 0. The molecule has 0 spiro atoms. The van der Waals surface area contributed by atoms with Crippen molar-refractivity contribution in [1.29, 1.82) is 0 Å². The summed E-state index contributed by atoms with van der Waals surface area (Å²) < 4.78 is 0. The fourth-order valence-corrected chi connectivity index (χ4v) is 2.78. The SMILES string of the molecule is CC(C)C(C)NCCN(Cc1ccsc1)C1CC1. The van der Waals surface area contributed by atoms with Gasteiger partial charge in [-0.25, -0.2) is 0 Å². The molecule has 1 aliphatic rings. The Hall–Kier alpha value is -0.380. The molecule has 0 radical (unpaired) electrons. The largest absolute Gasteiger partial charge is 0.313 e. The third kappa shape index (κ3) is 4.38. The molecule has 3 heteroatoms. The lowest BCUT2D eigenvalue weighted by atomic mass is 10.1. The van der Waals surface area contributed by atoms with Crippen LogP contribution in [0.15, 0.2) is 16.8 Å². The minimum absolute atomic E-state index is 0.618. The molecule has 2 rings (SSSR count). The molecule has 102 valence electrons. The highest BCUT2D eigenvalue weighted by atomic mass is 32.1. The zero-order chi connectivity index (χ0) is 13.0. The smallest absolute Gasteiger partial charge is 0.0245 e. The average molecular weight is 266 g/mol. The molecule has 1 unspecified atom stereocenters. The van der Waals surface area contributed by atoms with Crippen LogP contribution in [0.4, 0.5) is 0 Å². The van der Waals surface area contributed by atoms with Crippen molar-refractivity contribution in [3.8, 4) is 0 Å². The van der Waals surface area contributed by atoms with E-state index >= 15 is 0 Å². The van der Waals surface area contributed by atoms with Gasteiger partial charge in [-0.05, 0) is 48.1 Å². The van der Waals surface area contributed by atoms with E-state index < -0.39 is 0 Å². The Morgan fingerprint density at radius 3 is 2.72 bits per heavy atom. The third-order valence-corrected chi connectivity index (χ3v) is 4.63. The van der Waals surface area contributed by atoms with Crippen LogP contribution in [-0.2, 0) is 6.54 Å². The molecular formula is C15H26N2S. The van der Waals surface area contributed by atoms with Crippen molar-refractivity contribution in [3.63, 3.8) is 0 Å². The Balaban J connectivity index is 1.73. The van der Waals surface area contributed by atoms with Crippen LogP contribution in [0.25, 0.3) is 0 Å². The maximum absolute atomic E-state index is 3.64. The summed E-state index contributed by atoms with van der Waals surface area (Å²) in [6.45, 7) is 10.3. The van der Waals surface area contributed by atoms with Crippen LogP contribution in [0.1, 0.15) is 39.2 Å². The van der Waals surface area contributed by atoms with Crippen LogP contribution in [0.2, 0.25) is 0 Å². The zero-order valence-electron chi connectivity index (χ0n) is 11.9. The van der Waals surface area contributed by atoms with Crippen molar-refractivity contribution >= 4 is 11.3 Å². The summed E-state index contributed by atoms with van der Waals surface area (Å²) in [6, 6.07) is 3.72. The van der Waals surface area contributed by atoms with Gasteiger partial charge in [0.05, 0.1) is 0 Å². The van der Waals surface area contributed by atoms with Crippen LogP contribution < -0.4 is 5.32 Å². The molecule has 0 aliphatic heterocycles. The van der Waals surface area contributed by atoms with Crippen molar-refractivity contribution < 1.29 is 0 Å². The van der Waals surface area contributed by atoms with Crippen LogP contribution in [0.3, 0.4) is 0 Å². The molecule has 1 aromatic heterocycles. The average Bonchev–Trinajstić information content (AvgIpc) is 3.06. The number of nitrogens with zero attached hydrogens (tertiary/aromatic N) is 1. The summed E-state index contributed by atoms with van der Waals surface area (Å²) in [5, 5.41) is 8.09. The molecule has 0 bridgehead atoms. The predicted molar refractivity (Wildman–Crippen MR) is 80.1 cm³/mol. The quantitative estimate of drug-likeness (QED) is 0.776. The Morgan fingerprint density at radius 1 is 1.39 bits per heavy atom. The van der Waals surface area contributed by atoms with Crippen LogP contribution in [0, 0.1) is 5.92 Å². The lowest BCUT2D eigenvalue weighted by Crippen LogP contribution is -2.38. The van der Waals surface area contributed by atoms with Gasteiger partial charge in [-0.2, -0.15) is 11.3 Å². The maximum atomic E-state index is 3.64. The van der Waals surface area contributed by atoms with E-state index in [0.717, 1.165) is 25.0 Å². The second-order valence-electron chi connectivity index (χ2n) is 5.82. The number of nitrogens with one attached hydrogen (secondary N) is 1. The predicted octanol–water partition coefficient (Wildman–Crippen LogP) is 3.35. The molecule has 1 saturated carbocycles. The van der Waals surface area contributed by atoms with Crippen molar-refractivity contribution in [2.75, 3.05) is 13.1 Å². The van der Waals surface area contributed by atoms with E-state index in [2.05, 4.69) is 47.8 Å². The summed E-state index contributed by atoms with van der Waals surface area (Å²) in [4.78, 5) is 2.64. The van der Waals surface area contributed by atoms with E-state index in [9.17, 15) is 0 Å². The zero-order valence-corrected chi connectivity index (χ0v) is 12.7. The lowest BCUT2D eigenvalue weighted by Gasteiger charge is -2.24. The third-order valence-electron chi connectivity index (χ3n) is 3.89. The van der Waals surface area contributed by atoms with Gasteiger partial charge in [-0.15, -0.1) is 0 Å². The molecule has 1 fully saturated rings. The van der Waals surface area contributed by atoms with Crippen LogP contribution in [-0.4, -0.2) is 30.1 Å². The van der Waals surface area contributed by atoms with E-state index in [1.165, 1.54) is 24.9 Å². The molecule has 18 heavy (non-hydrogen) atoms. The first-order valence-corrected chi connectivity index (χ1v) is 8.09. The molecule has 1 atom stereocenters. The van der Waals surface area contributed by atoms with Crippen LogP contribution in [0.5, 0.6) is 0 Å². The van der Waals surface area contributed by atoms with Crippen molar-refractivity contribution in [2.45, 2.75) is 52.2 Å². The molecule has 1 N–H and O–H groups in total. The Morgan fingerprint density at radius 2 is 2.17 bits per heavy atom. The molecular weight excluding hydrogens is 240 g/mol. The first-order valence-electron chi connectivity index (χ1n) is 7.15. The fraction of sp³-hybridized carbons (Fsp3) is 0.733. The van der Waals surface area contributed by atoms with Crippen molar-refractivity contribution in [3.05, 3.63) is 22.4 Å². The lowest BCUT2D eigenvalue weighted by molar-refractivity contribution is 0.247. The van der Waals surface area contributed by atoms with Gasteiger partial charge < -0.3 is 5.32 Å². The standard InChI is InChI=1S/C15H26N2S/c1-12(2)13(3)16-7-8-17(15-4-5-15)10-14-6-9-18-11-14/h6,9,11-13,15-16H,4-5,7-8,10H2,1-3H3. The van der Waals surface area contributed by atoms with Gasteiger partial charge in [0.15, 0.2) is 0 Å². The molecule has 1 heterocycles. The molecule has 1 aliphatic carbocycles. The maximum Gasteiger partial charge on any atom is 0.0245 e. The van der Waals surface area contributed by atoms with Gasteiger partial charge in [-0.3, -0.25) is 4.90 Å². The molecule has 0 aromatic carbocycles. The molecule has 0 amide bonds. The Labute approximate surface area is 115 Å². The Kier molecular flexibility index (Phi) is 5.22. The number of rotatable bonds is 8. The summed E-state index contributed by atoms with van der Waals surface area (Å²) in [5.41, 5.74) is 1.48. The minimum Gasteiger partial charge on any atom is -0.313 e. The topological polar surface area (TPSA) is 15.3 Å². The normalized spacial score (nSPS) is 17.6. The van der Waals surface area contributed by atoms with E-state index in [0.29, 0.717) is 6.04 Å². The monoisotopic (exact) mass is 266 g/mol. The second-order valence-corrected chi connectivity index (χ2v) is 6.60. The molecule has 1 aromatic rings. The summed E-state index contributed by atoms with van der Waals surface area (Å²) in [6.07, 6.45) is 2.79.